The summed E-state index contributed by atoms with van der Waals surface area (Å²) in [5, 5.41) is 0. The van der Waals surface area contributed by atoms with Gasteiger partial charge in [-0.05, 0) is 18.8 Å². The molecule has 5 heteroatoms. The lowest BCUT2D eigenvalue weighted by Crippen LogP contribution is -2.18. The number of halogens is 4. The van der Waals surface area contributed by atoms with E-state index in [9.17, 15) is 17.6 Å². The van der Waals surface area contributed by atoms with Crippen LogP contribution < -0.4 is 5.73 Å². The lowest BCUT2D eigenvalue weighted by molar-refractivity contribution is 0.419. The first-order chi connectivity index (χ1) is 7.02. The van der Waals surface area contributed by atoms with Gasteiger partial charge in [0.1, 0.15) is 0 Å². The minimum atomic E-state index is -1.40. The van der Waals surface area contributed by atoms with Crippen LogP contribution in [-0.2, 0) is 0 Å². The van der Waals surface area contributed by atoms with Gasteiger partial charge in [-0.3, -0.25) is 0 Å². The fraction of sp³-hybridized carbons (Fsp3) is 0.400. The quantitative estimate of drug-likeness (QED) is 0.600. The van der Waals surface area contributed by atoms with Crippen molar-refractivity contribution >= 4 is 0 Å². The summed E-state index contributed by atoms with van der Waals surface area (Å²) in [5.74, 6) is -5.64. The molecule has 0 bridgehead atoms. The van der Waals surface area contributed by atoms with E-state index in [0.717, 1.165) is 12.8 Å². The van der Waals surface area contributed by atoms with E-state index in [-0.39, 0.29) is 12.0 Å². The van der Waals surface area contributed by atoms with Crippen LogP contribution in [-0.4, -0.2) is 0 Å². The normalized spacial score (nSPS) is 17.9. The van der Waals surface area contributed by atoms with Crippen molar-refractivity contribution in [1.82, 2.24) is 0 Å². The predicted molar refractivity (Wildman–Crippen MR) is 45.9 cm³/mol. The molecule has 1 atom stereocenters. The molecule has 0 amide bonds. The third-order valence-corrected chi connectivity index (χ3v) is 2.61. The Bertz CT molecular complexity index is 375. The van der Waals surface area contributed by atoms with Crippen LogP contribution in [0.3, 0.4) is 0 Å². The van der Waals surface area contributed by atoms with Gasteiger partial charge in [-0.1, -0.05) is 0 Å². The van der Waals surface area contributed by atoms with Crippen molar-refractivity contribution in [3.63, 3.8) is 0 Å². The first kappa shape index (κ1) is 10.4. The minimum Gasteiger partial charge on any atom is -0.324 e. The standard InChI is InChI=1S/C10H9F4N/c11-5-3-6(12)9(14)7(8(5)13)10(15)4-1-2-4/h3-4,10H,1-2,15H2/t10-/m0/s1. The Morgan fingerprint density at radius 3 is 1.93 bits per heavy atom. The molecule has 1 fully saturated rings. The maximum absolute atomic E-state index is 13.2. The molecule has 1 aliphatic carbocycles. The van der Waals surface area contributed by atoms with Crippen LogP contribution in [0.2, 0.25) is 0 Å². The third kappa shape index (κ3) is 1.71. The van der Waals surface area contributed by atoms with Gasteiger partial charge in [0.15, 0.2) is 23.3 Å². The van der Waals surface area contributed by atoms with Gasteiger partial charge in [0.25, 0.3) is 0 Å². The highest BCUT2D eigenvalue weighted by Gasteiger charge is 2.35. The molecule has 0 aliphatic heterocycles. The number of hydrogen-bond acceptors (Lipinski definition) is 1. The van der Waals surface area contributed by atoms with E-state index in [1.54, 1.807) is 0 Å². The highest BCUT2D eigenvalue weighted by molar-refractivity contribution is 5.27. The molecule has 1 aliphatic rings. The van der Waals surface area contributed by atoms with Crippen LogP contribution in [0.5, 0.6) is 0 Å². The van der Waals surface area contributed by atoms with E-state index in [4.69, 9.17) is 5.73 Å². The molecule has 1 saturated carbocycles. The molecule has 0 heterocycles. The molecule has 0 spiro atoms. The van der Waals surface area contributed by atoms with E-state index in [0.29, 0.717) is 0 Å². The van der Waals surface area contributed by atoms with Crippen molar-refractivity contribution in [1.29, 1.82) is 0 Å². The Morgan fingerprint density at radius 2 is 1.53 bits per heavy atom. The average Bonchev–Trinajstić information content (AvgIpc) is 2.98. The first-order valence-corrected chi connectivity index (χ1v) is 4.61. The van der Waals surface area contributed by atoms with Gasteiger partial charge in [-0.2, -0.15) is 0 Å². The van der Waals surface area contributed by atoms with Crippen molar-refractivity contribution in [2.45, 2.75) is 18.9 Å². The Labute approximate surface area is 83.9 Å². The van der Waals surface area contributed by atoms with Crippen molar-refractivity contribution in [3.8, 4) is 0 Å². The van der Waals surface area contributed by atoms with Gasteiger partial charge in [0.05, 0.1) is 0 Å². The summed E-state index contributed by atoms with van der Waals surface area (Å²) in [5.41, 5.74) is 4.86. The Morgan fingerprint density at radius 1 is 1.07 bits per heavy atom. The summed E-state index contributed by atoms with van der Waals surface area (Å²) in [6.07, 6.45) is 1.47. The van der Waals surface area contributed by atoms with E-state index in [1.807, 2.05) is 0 Å². The summed E-state index contributed by atoms with van der Waals surface area (Å²) in [6, 6.07) is -0.774. The molecule has 1 aromatic carbocycles. The van der Waals surface area contributed by atoms with Crippen molar-refractivity contribution in [3.05, 3.63) is 34.9 Å². The van der Waals surface area contributed by atoms with Gasteiger partial charge in [-0.15, -0.1) is 0 Å². The monoisotopic (exact) mass is 219 g/mol. The molecule has 0 saturated heterocycles. The van der Waals surface area contributed by atoms with Crippen LogP contribution in [0.15, 0.2) is 6.07 Å². The second-order valence-corrected chi connectivity index (χ2v) is 3.75. The van der Waals surface area contributed by atoms with Crippen LogP contribution in [0.1, 0.15) is 24.4 Å². The fourth-order valence-electron chi connectivity index (χ4n) is 1.58. The van der Waals surface area contributed by atoms with E-state index >= 15 is 0 Å². The SMILES string of the molecule is N[C@H](c1c(F)c(F)cc(F)c1F)C1CC1. The molecule has 1 nitrogen and oxygen atoms in total. The number of benzene rings is 1. The van der Waals surface area contributed by atoms with Gasteiger partial charge in [-0.25, -0.2) is 17.6 Å². The van der Waals surface area contributed by atoms with E-state index in [1.165, 1.54) is 0 Å². The zero-order valence-electron chi connectivity index (χ0n) is 7.74. The highest BCUT2D eigenvalue weighted by atomic mass is 19.2. The zero-order valence-corrected chi connectivity index (χ0v) is 7.74. The zero-order chi connectivity index (χ0) is 11.2. The highest BCUT2D eigenvalue weighted by Crippen LogP contribution is 2.41. The number of hydrogen-bond donors (Lipinski definition) is 1. The second-order valence-electron chi connectivity index (χ2n) is 3.75. The molecule has 0 unspecified atom stereocenters. The summed E-state index contributed by atoms with van der Waals surface area (Å²) >= 11 is 0. The molecular formula is C10H9F4N. The molecule has 1 aromatic rings. The third-order valence-electron chi connectivity index (χ3n) is 2.61. The van der Waals surface area contributed by atoms with Crippen molar-refractivity contribution in [2.24, 2.45) is 11.7 Å². The minimum absolute atomic E-state index is 0.0739. The molecule has 0 radical (unpaired) electrons. The first-order valence-electron chi connectivity index (χ1n) is 4.61. The van der Waals surface area contributed by atoms with Crippen LogP contribution in [0.25, 0.3) is 0 Å². The topological polar surface area (TPSA) is 26.0 Å². The number of nitrogens with two attached hydrogens (primary N) is 1. The fourth-order valence-corrected chi connectivity index (χ4v) is 1.58. The van der Waals surface area contributed by atoms with Gasteiger partial charge >= 0.3 is 0 Å². The Hall–Kier alpha value is -1.10. The Kier molecular flexibility index (Phi) is 2.42. The van der Waals surface area contributed by atoms with Crippen molar-refractivity contribution in [2.75, 3.05) is 0 Å². The van der Waals surface area contributed by atoms with Gasteiger partial charge in [0, 0.05) is 17.7 Å². The summed E-state index contributed by atoms with van der Waals surface area (Å²) in [4.78, 5) is 0. The summed E-state index contributed by atoms with van der Waals surface area (Å²) < 4.78 is 52.1. The molecule has 82 valence electrons. The van der Waals surface area contributed by atoms with Crippen molar-refractivity contribution < 1.29 is 17.6 Å². The second kappa shape index (κ2) is 3.48. The predicted octanol–water partition coefficient (Wildman–Crippen LogP) is 2.65. The van der Waals surface area contributed by atoms with E-state index in [2.05, 4.69) is 0 Å². The lowest BCUT2D eigenvalue weighted by Gasteiger charge is -2.13. The molecule has 2 rings (SSSR count). The number of rotatable bonds is 2. The molecular weight excluding hydrogens is 210 g/mol. The van der Waals surface area contributed by atoms with Crippen LogP contribution in [0.4, 0.5) is 17.6 Å². The van der Waals surface area contributed by atoms with E-state index < -0.39 is 34.9 Å². The average molecular weight is 219 g/mol. The molecule has 0 aromatic heterocycles. The van der Waals surface area contributed by atoms with Gasteiger partial charge in [0.2, 0.25) is 0 Å². The molecule has 15 heavy (non-hydrogen) atoms. The lowest BCUT2D eigenvalue weighted by atomic mass is 10.0. The Balaban J connectivity index is 2.52. The smallest absolute Gasteiger partial charge is 0.166 e. The maximum atomic E-state index is 13.2. The largest absolute Gasteiger partial charge is 0.324 e. The maximum Gasteiger partial charge on any atom is 0.166 e. The van der Waals surface area contributed by atoms with Crippen LogP contribution >= 0.6 is 0 Å². The van der Waals surface area contributed by atoms with Crippen LogP contribution in [0, 0.1) is 29.2 Å². The summed E-state index contributed by atoms with van der Waals surface area (Å²) in [6.45, 7) is 0. The summed E-state index contributed by atoms with van der Waals surface area (Å²) in [7, 11) is 0. The molecule has 2 N–H and O–H groups in total. The van der Waals surface area contributed by atoms with Gasteiger partial charge < -0.3 is 5.73 Å².